The maximum Gasteiger partial charge on any atom is 0.165 e. The Hall–Kier alpha value is -1.79. The van der Waals surface area contributed by atoms with Crippen LogP contribution in [0, 0.1) is 0 Å². The number of rotatable bonds is 7. The first-order valence-electron chi connectivity index (χ1n) is 5.02. The molecule has 0 bridgehead atoms. The van der Waals surface area contributed by atoms with Crippen molar-refractivity contribution in [1.82, 2.24) is 0 Å². The Bertz CT molecular complexity index is 376. The number of aromatic hydroxyl groups is 1. The summed E-state index contributed by atoms with van der Waals surface area (Å²) in [4.78, 5) is 10.6. The van der Waals surface area contributed by atoms with E-state index in [4.69, 9.17) is 19.7 Å². The van der Waals surface area contributed by atoms with E-state index >= 15 is 0 Å². The van der Waals surface area contributed by atoms with Crippen LogP contribution >= 0.6 is 0 Å². The van der Waals surface area contributed by atoms with Crippen molar-refractivity contribution in [3.63, 3.8) is 0 Å². The van der Waals surface area contributed by atoms with E-state index in [0.29, 0.717) is 6.29 Å². The van der Waals surface area contributed by atoms with Crippen LogP contribution in [0.15, 0.2) is 12.1 Å². The zero-order chi connectivity index (χ0) is 12.7. The van der Waals surface area contributed by atoms with E-state index in [1.807, 2.05) is 0 Å². The fourth-order valence-electron chi connectivity index (χ4n) is 1.20. The van der Waals surface area contributed by atoms with Gasteiger partial charge in [-0.2, -0.15) is 0 Å². The third-order valence-corrected chi connectivity index (χ3v) is 1.92. The predicted octanol–water partition coefficient (Wildman–Crippen LogP) is -0.0531. The molecule has 0 amide bonds. The summed E-state index contributed by atoms with van der Waals surface area (Å²) in [6.45, 7) is -0.291. The largest absolute Gasteiger partial charge is 0.507 e. The number of aliphatic hydroxyl groups is 2. The van der Waals surface area contributed by atoms with Gasteiger partial charge in [-0.1, -0.05) is 0 Å². The average molecular weight is 242 g/mol. The number of phenols is 1. The summed E-state index contributed by atoms with van der Waals surface area (Å²) in [6, 6.07) is 2.54. The van der Waals surface area contributed by atoms with E-state index in [9.17, 15) is 9.90 Å². The highest BCUT2D eigenvalue weighted by atomic mass is 16.5. The molecular weight excluding hydrogens is 228 g/mol. The fraction of sp³-hybridized carbons (Fsp3) is 0.364. The average Bonchev–Trinajstić information content (AvgIpc) is 2.34. The van der Waals surface area contributed by atoms with Gasteiger partial charge in [0, 0.05) is 6.07 Å². The molecule has 0 aliphatic carbocycles. The van der Waals surface area contributed by atoms with Crippen molar-refractivity contribution in [2.75, 3.05) is 26.4 Å². The Kier molecular flexibility index (Phi) is 5.25. The molecular formula is C11H14O6. The van der Waals surface area contributed by atoms with Crippen LogP contribution in [0.25, 0.3) is 0 Å². The SMILES string of the molecule is O=Cc1cc(OCCO)c(OCCO)cc1O. The van der Waals surface area contributed by atoms with Gasteiger partial charge in [0.2, 0.25) is 0 Å². The minimum absolute atomic E-state index is 0.0371. The molecule has 6 nitrogen and oxygen atoms in total. The van der Waals surface area contributed by atoms with E-state index in [1.165, 1.54) is 12.1 Å². The number of phenolic OH excluding ortho intramolecular Hbond substituents is 1. The Balaban J connectivity index is 2.97. The van der Waals surface area contributed by atoms with Crippen LogP contribution in [0.1, 0.15) is 10.4 Å². The van der Waals surface area contributed by atoms with Gasteiger partial charge in [0.15, 0.2) is 17.8 Å². The normalized spacial score (nSPS) is 10.0. The number of ether oxygens (including phenoxy) is 2. The molecule has 1 aromatic carbocycles. The number of benzene rings is 1. The van der Waals surface area contributed by atoms with Crippen molar-refractivity contribution in [2.24, 2.45) is 0 Å². The van der Waals surface area contributed by atoms with Crippen molar-refractivity contribution in [3.05, 3.63) is 17.7 Å². The molecule has 3 N–H and O–H groups in total. The summed E-state index contributed by atoms with van der Waals surface area (Å²) < 4.78 is 10.3. The van der Waals surface area contributed by atoms with Crippen LogP contribution < -0.4 is 9.47 Å². The number of aldehydes is 1. The monoisotopic (exact) mass is 242 g/mol. The van der Waals surface area contributed by atoms with Crippen LogP contribution in [0.4, 0.5) is 0 Å². The van der Waals surface area contributed by atoms with Crippen molar-refractivity contribution < 1.29 is 29.6 Å². The standard InChI is InChI=1S/C11H14O6/c12-1-3-16-10-5-8(7-14)9(15)6-11(10)17-4-2-13/h5-7,12-13,15H,1-4H2. The molecule has 0 heterocycles. The van der Waals surface area contributed by atoms with Crippen molar-refractivity contribution in [2.45, 2.75) is 0 Å². The number of aliphatic hydroxyl groups excluding tert-OH is 2. The highest BCUT2D eigenvalue weighted by Crippen LogP contribution is 2.33. The molecule has 0 saturated carbocycles. The molecule has 6 heteroatoms. The minimum atomic E-state index is -0.232. The molecule has 0 atom stereocenters. The second kappa shape index (κ2) is 6.72. The van der Waals surface area contributed by atoms with Gasteiger partial charge in [-0.05, 0) is 6.07 Å². The molecule has 0 aliphatic rings. The number of carbonyl (C=O) groups is 1. The predicted molar refractivity (Wildman–Crippen MR) is 58.7 cm³/mol. The smallest absolute Gasteiger partial charge is 0.165 e. The third kappa shape index (κ3) is 3.61. The lowest BCUT2D eigenvalue weighted by Gasteiger charge is -2.12. The fourth-order valence-corrected chi connectivity index (χ4v) is 1.20. The van der Waals surface area contributed by atoms with Gasteiger partial charge in [-0.25, -0.2) is 0 Å². The van der Waals surface area contributed by atoms with Gasteiger partial charge in [-0.15, -0.1) is 0 Å². The van der Waals surface area contributed by atoms with Crippen LogP contribution in [0.2, 0.25) is 0 Å². The lowest BCUT2D eigenvalue weighted by molar-refractivity contribution is 0.112. The highest BCUT2D eigenvalue weighted by Gasteiger charge is 2.11. The minimum Gasteiger partial charge on any atom is -0.507 e. The molecule has 0 aliphatic heterocycles. The first-order chi connectivity index (χ1) is 8.22. The summed E-state index contributed by atoms with van der Waals surface area (Å²) in [5, 5.41) is 26.8. The van der Waals surface area contributed by atoms with Crippen molar-refractivity contribution in [1.29, 1.82) is 0 Å². The summed E-state index contributed by atoms with van der Waals surface area (Å²) in [5.41, 5.74) is 0.0642. The van der Waals surface area contributed by atoms with E-state index in [0.717, 1.165) is 0 Å². The maximum absolute atomic E-state index is 10.6. The van der Waals surface area contributed by atoms with Crippen LogP contribution in [-0.2, 0) is 0 Å². The highest BCUT2D eigenvalue weighted by molar-refractivity contribution is 5.81. The lowest BCUT2D eigenvalue weighted by atomic mass is 10.2. The molecule has 94 valence electrons. The van der Waals surface area contributed by atoms with Gasteiger partial charge in [0.05, 0.1) is 18.8 Å². The maximum atomic E-state index is 10.6. The first kappa shape index (κ1) is 13.3. The quantitative estimate of drug-likeness (QED) is 0.580. The van der Waals surface area contributed by atoms with E-state index < -0.39 is 0 Å². The third-order valence-electron chi connectivity index (χ3n) is 1.92. The van der Waals surface area contributed by atoms with Crippen LogP contribution in [0.5, 0.6) is 17.2 Å². The van der Waals surface area contributed by atoms with Crippen LogP contribution in [-0.4, -0.2) is 48.0 Å². The summed E-state index contributed by atoms with van der Waals surface area (Å²) in [5.74, 6) is 0.201. The summed E-state index contributed by atoms with van der Waals surface area (Å²) in [7, 11) is 0. The Morgan fingerprint density at radius 1 is 1.06 bits per heavy atom. The number of hydrogen-bond donors (Lipinski definition) is 3. The molecule has 0 unspecified atom stereocenters. The topological polar surface area (TPSA) is 96.2 Å². The molecule has 0 saturated heterocycles. The molecule has 0 radical (unpaired) electrons. The molecule has 0 spiro atoms. The van der Waals surface area contributed by atoms with E-state index in [2.05, 4.69) is 0 Å². The molecule has 17 heavy (non-hydrogen) atoms. The van der Waals surface area contributed by atoms with Gasteiger partial charge in [0.25, 0.3) is 0 Å². The van der Waals surface area contributed by atoms with Gasteiger partial charge >= 0.3 is 0 Å². The zero-order valence-electron chi connectivity index (χ0n) is 9.13. The van der Waals surface area contributed by atoms with Crippen molar-refractivity contribution in [3.8, 4) is 17.2 Å². The van der Waals surface area contributed by atoms with E-state index in [1.54, 1.807) is 0 Å². The Morgan fingerprint density at radius 3 is 2.06 bits per heavy atom. The number of hydrogen-bond acceptors (Lipinski definition) is 6. The Labute approximate surface area is 98.0 Å². The Morgan fingerprint density at radius 2 is 1.59 bits per heavy atom. The second-order valence-electron chi connectivity index (χ2n) is 3.12. The number of carbonyl (C=O) groups excluding carboxylic acids is 1. The van der Waals surface area contributed by atoms with Gasteiger partial charge in [-0.3, -0.25) is 4.79 Å². The molecule has 1 rings (SSSR count). The second-order valence-corrected chi connectivity index (χ2v) is 3.12. The lowest BCUT2D eigenvalue weighted by Crippen LogP contribution is -2.07. The van der Waals surface area contributed by atoms with Crippen molar-refractivity contribution >= 4 is 6.29 Å². The van der Waals surface area contributed by atoms with E-state index in [-0.39, 0.29) is 49.2 Å². The van der Waals surface area contributed by atoms with Gasteiger partial charge in [0.1, 0.15) is 19.0 Å². The molecule has 0 aromatic heterocycles. The van der Waals surface area contributed by atoms with Crippen LogP contribution in [0.3, 0.4) is 0 Å². The molecule has 1 aromatic rings. The summed E-state index contributed by atoms with van der Waals surface area (Å²) in [6.07, 6.45) is 0.483. The van der Waals surface area contributed by atoms with Gasteiger partial charge < -0.3 is 24.8 Å². The molecule has 0 fully saturated rings. The summed E-state index contributed by atoms with van der Waals surface area (Å²) >= 11 is 0. The first-order valence-corrected chi connectivity index (χ1v) is 5.02. The zero-order valence-corrected chi connectivity index (χ0v) is 9.13.